The van der Waals surface area contributed by atoms with Gasteiger partial charge in [-0.25, -0.2) is 0 Å². The van der Waals surface area contributed by atoms with Crippen LogP contribution in [-0.2, 0) is 11.3 Å². The molecule has 0 aliphatic heterocycles. The van der Waals surface area contributed by atoms with Crippen molar-refractivity contribution >= 4 is 5.91 Å². The van der Waals surface area contributed by atoms with Crippen molar-refractivity contribution in [3.05, 3.63) is 35.9 Å². The van der Waals surface area contributed by atoms with Crippen molar-refractivity contribution in [1.82, 2.24) is 4.90 Å². The summed E-state index contributed by atoms with van der Waals surface area (Å²) in [6.07, 6.45) is 3.57. The number of amides is 1. The van der Waals surface area contributed by atoms with E-state index < -0.39 is 0 Å². The Morgan fingerprint density at radius 2 is 1.95 bits per heavy atom. The molecule has 1 rings (SSSR count). The standard InChI is InChI=1S/C17H28N2O/c1-3-13-19(14-16-7-5-4-6-8-16)17(20)10-9-15(2)11-12-18/h4-8,15H,3,9-14,18H2,1-2H3. The van der Waals surface area contributed by atoms with Crippen LogP contribution in [-0.4, -0.2) is 23.9 Å². The average Bonchev–Trinajstić information content (AvgIpc) is 2.46. The van der Waals surface area contributed by atoms with E-state index in [1.807, 2.05) is 23.1 Å². The van der Waals surface area contributed by atoms with Crippen LogP contribution < -0.4 is 5.73 Å². The number of nitrogens with zero attached hydrogens (tertiary/aromatic N) is 1. The zero-order valence-electron chi connectivity index (χ0n) is 12.8. The minimum absolute atomic E-state index is 0.263. The Balaban J connectivity index is 2.50. The molecule has 0 radical (unpaired) electrons. The third-order valence-electron chi connectivity index (χ3n) is 3.57. The van der Waals surface area contributed by atoms with E-state index in [-0.39, 0.29) is 5.91 Å². The maximum atomic E-state index is 12.3. The molecule has 1 aromatic carbocycles. The maximum Gasteiger partial charge on any atom is 0.222 e. The number of carbonyl (C=O) groups excluding carboxylic acids is 1. The average molecular weight is 276 g/mol. The van der Waals surface area contributed by atoms with Gasteiger partial charge in [0.15, 0.2) is 0 Å². The van der Waals surface area contributed by atoms with Gasteiger partial charge < -0.3 is 10.6 Å². The van der Waals surface area contributed by atoms with Gasteiger partial charge in [0.05, 0.1) is 0 Å². The molecule has 2 N–H and O–H groups in total. The first-order valence-electron chi connectivity index (χ1n) is 7.69. The van der Waals surface area contributed by atoms with E-state index in [4.69, 9.17) is 5.73 Å². The molecule has 0 saturated carbocycles. The van der Waals surface area contributed by atoms with Crippen molar-refractivity contribution in [3.8, 4) is 0 Å². The number of benzene rings is 1. The van der Waals surface area contributed by atoms with E-state index in [0.29, 0.717) is 18.9 Å². The number of rotatable bonds is 9. The maximum absolute atomic E-state index is 12.3. The fourth-order valence-electron chi connectivity index (χ4n) is 2.32. The fraction of sp³-hybridized carbons (Fsp3) is 0.588. The fourth-order valence-corrected chi connectivity index (χ4v) is 2.32. The highest BCUT2D eigenvalue weighted by Crippen LogP contribution is 2.13. The second kappa shape index (κ2) is 9.54. The van der Waals surface area contributed by atoms with Crippen LogP contribution >= 0.6 is 0 Å². The van der Waals surface area contributed by atoms with Crippen molar-refractivity contribution in [2.24, 2.45) is 11.7 Å². The second-order valence-electron chi connectivity index (χ2n) is 5.52. The summed E-state index contributed by atoms with van der Waals surface area (Å²) in [5, 5.41) is 0. The summed E-state index contributed by atoms with van der Waals surface area (Å²) in [5.74, 6) is 0.795. The quantitative estimate of drug-likeness (QED) is 0.753. The number of carbonyl (C=O) groups is 1. The third-order valence-corrected chi connectivity index (χ3v) is 3.57. The first-order chi connectivity index (χ1) is 9.67. The lowest BCUT2D eigenvalue weighted by Gasteiger charge is -2.23. The summed E-state index contributed by atoms with van der Waals surface area (Å²) in [6.45, 7) is 6.54. The minimum atomic E-state index is 0.263. The lowest BCUT2D eigenvalue weighted by Crippen LogP contribution is -2.31. The summed E-state index contributed by atoms with van der Waals surface area (Å²) < 4.78 is 0. The second-order valence-corrected chi connectivity index (χ2v) is 5.52. The van der Waals surface area contributed by atoms with Gasteiger partial charge in [0.1, 0.15) is 0 Å². The number of hydrogen-bond acceptors (Lipinski definition) is 2. The van der Waals surface area contributed by atoms with Crippen LogP contribution in [0.1, 0.15) is 45.1 Å². The van der Waals surface area contributed by atoms with Crippen molar-refractivity contribution in [2.45, 2.75) is 46.1 Å². The Morgan fingerprint density at radius 1 is 1.25 bits per heavy atom. The van der Waals surface area contributed by atoms with Crippen molar-refractivity contribution in [3.63, 3.8) is 0 Å². The largest absolute Gasteiger partial charge is 0.338 e. The number of nitrogens with two attached hydrogens (primary N) is 1. The van der Waals surface area contributed by atoms with Crippen LogP contribution in [0.4, 0.5) is 0 Å². The molecule has 0 bridgehead atoms. The smallest absolute Gasteiger partial charge is 0.222 e. The molecule has 0 aromatic heterocycles. The predicted octanol–water partition coefficient (Wildman–Crippen LogP) is 3.19. The van der Waals surface area contributed by atoms with Crippen LogP contribution in [0.3, 0.4) is 0 Å². The third kappa shape index (κ3) is 6.20. The first-order valence-corrected chi connectivity index (χ1v) is 7.69. The monoisotopic (exact) mass is 276 g/mol. The summed E-state index contributed by atoms with van der Waals surface area (Å²) in [5.41, 5.74) is 6.75. The SMILES string of the molecule is CCCN(Cc1ccccc1)C(=O)CCC(C)CCN. The Labute approximate surface area is 123 Å². The Bertz CT molecular complexity index is 378. The van der Waals surface area contributed by atoms with E-state index in [9.17, 15) is 4.79 Å². The van der Waals surface area contributed by atoms with E-state index >= 15 is 0 Å². The molecule has 3 nitrogen and oxygen atoms in total. The van der Waals surface area contributed by atoms with E-state index in [1.165, 1.54) is 5.56 Å². The van der Waals surface area contributed by atoms with Gasteiger partial charge in [-0.3, -0.25) is 4.79 Å². The molecule has 3 heteroatoms. The Kier molecular flexibility index (Phi) is 7.97. The highest BCUT2D eigenvalue weighted by molar-refractivity contribution is 5.76. The van der Waals surface area contributed by atoms with Crippen LogP contribution in [0.2, 0.25) is 0 Å². The molecule has 0 aliphatic rings. The zero-order chi connectivity index (χ0) is 14.8. The van der Waals surface area contributed by atoms with Gasteiger partial charge in [0, 0.05) is 19.5 Å². The summed E-state index contributed by atoms with van der Waals surface area (Å²) in [4.78, 5) is 14.3. The lowest BCUT2D eigenvalue weighted by molar-refractivity contribution is -0.132. The van der Waals surface area contributed by atoms with Gasteiger partial charge in [-0.1, -0.05) is 44.2 Å². The van der Waals surface area contributed by atoms with Gasteiger partial charge in [-0.2, -0.15) is 0 Å². The summed E-state index contributed by atoms with van der Waals surface area (Å²) in [6, 6.07) is 10.2. The van der Waals surface area contributed by atoms with Gasteiger partial charge >= 0.3 is 0 Å². The van der Waals surface area contributed by atoms with Crippen LogP contribution in [0.25, 0.3) is 0 Å². The molecule has 112 valence electrons. The van der Waals surface area contributed by atoms with Crippen LogP contribution in [0.5, 0.6) is 0 Å². The normalized spacial score (nSPS) is 12.2. The first kappa shape index (κ1) is 16.7. The van der Waals surface area contributed by atoms with E-state index in [1.54, 1.807) is 0 Å². The van der Waals surface area contributed by atoms with Gasteiger partial charge in [0.25, 0.3) is 0 Å². The van der Waals surface area contributed by atoms with Gasteiger partial charge in [-0.05, 0) is 37.3 Å². The molecule has 0 heterocycles. The Morgan fingerprint density at radius 3 is 2.55 bits per heavy atom. The topological polar surface area (TPSA) is 46.3 Å². The molecular formula is C17H28N2O. The van der Waals surface area contributed by atoms with Crippen molar-refractivity contribution in [1.29, 1.82) is 0 Å². The molecule has 0 aliphatic carbocycles. The van der Waals surface area contributed by atoms with Gasteiger partial charge in [-0.15, -0.1) is 0 Å². The van der Waals surface area contributed by atoms with E-state index in [0.717, 1.165) is 32.4 Å². The highest BCUT2D eigenvalue weighted by Gasteiger charge is 2.14. The highest BCUT2D eigenvalue weighted by atomic mass is 16.2. The predicted molar refractivity (Wildman–Crippen MR) is 84.2 cm³/mol. The Hall–Kier alpha value is -1.35. The molecular weight excluding hydrogens is 248 g/mol. The number of hydrogen-bond donors (Lipinski definition) is 1. The zero-order valence-corrected chi connectivity index (χ0v) is 12.8. The van der Waals surface area contributed by atoms with Crippen molar-refractivity contribution < 1.29 is 4.79 Å². The van der Waals surface area contributed by atoms with Gasteiger partial charge in [0.2, 0.25) is 5.91 Å². The molecule has 1 aromatic rings. The molecule has 1 amide bonds. The van der Waals surface area contributed by atoms with E-state index in [2.05, 4.69) is 26.0 Å². The summed E-state index contributed by atoms with van der Waals surface area (Å²) in [7, 11) is 0. The molecule has 1 atom stereocenters. The van der Waals surface area contributed by atoms with Crippen molar-refractivity contribution in [2.75, 3.05) is 13.1 Å². The lowest BCUT2D eigenvalue weighted by atomic mass is 10.0. The molecule has 0 fully saturated rings. The molecule has 1 unspecified atom stereocenters. The molecule has 0 spiro atoms. The molecule has 0 saturated heterocycles. The summed E-state index contributed by atoms with van der Waals surface area (Å²) >= 11 is 0. The molecule has 20 heavy (non-hydrogen) atoms. The van der Waals surface area contributed by atoms with Crippen LogP contribution in [0, 0.1) is 5.92 Å². The van der Waals surface area contributed by atoms with Crippen LogP contribution in [0.15, 0.2) is 30.3 Å². The minimum Gasteiger partial charge on any atom is -0.338 e.